The molecule has 1 N–H and O–H groups in total. The number of hydrogen-bond acceptors (Lipinski definition) is 4. The maximum Gasteiger partial charge on any atom is 0.192 e. The molecule has 0 amide bonds. The summed E-state index contributed by atoms with van der Waals surface area (Å²) in [6, 6.07) is 45.4. The molecule has 0 unspecified atom stereocenters. The van der Waals surface area contributed by atoms with Crippen LogP contribution in [0, 0.1) is 18.8 Å². The van der Waals surface area contributed by atoms with Crippen molar-refractivity contribution in [1.82, 2.24) is 9.55 Å². The number of nitrogens with one attached hydrogen (secondary N) is 1. The maximum absolute atomic E-state index is 8.45. The van der Waals surface area contributed by atoms with Gasteiger partial charge < -0.3 is 14.8 Å². The summed E-state index contributed by atoms with van der Waals surface area (Å²) in [7, 11) is 0. The molecule has 8 rings (SSSR count). The van der Waals surface area contributed by atoms with Gasteiger partial charge in [0.15, 0.2) is 11.8 Å². The molecule has 0 spiro atoms. The first-order valence-corrected chi connectivity index (χ1v) is 15.4. The van der Waals surface area contributed by atoms with E-state index in [1.54, 1.807) is 18.0 Å². The van der Waals surface area contributed by atoms with E-state index in [0.717, 1.165) is 49.5 Å². The van der Waals surface area contributed by atoms with Gasteiger partial charge >= 0.3 is 0 Å². The molecule has 218 valence electrons. The second kappa shape index (κ2) is 11.8. The topological polar surface area (TPSA) is 33.1 Å². The molecule has 7 heteroatoms. The first-order valence-electron chi connectivity index (χ1n) is 15.0. The van der Waals surface area contributed by atoms with E-state index in [1.807, 2.05) is 35.4 Å². The number of anilines is 3. The zero-order chi connectivity index (χ0) is 29.8. The molecule has 1 aliphatic heterocycles. The van der Waals surface area contributed by atoms with Gasteiger partial charge in [-0.1, -0.05) is 85.5 Å². The van der Waals surface area contributed by atoms with Gasteiger partial charge in [-0.15, -0.1) is 22.4 Å². The number of hydrogen-bond donors (Lipinski definition) is 1. The minimum absolute atomic E-state index is 0. The Balaban J connectivity index is 0.00000325. The molecular weight excluding hydrogens is 738 g/mol. The predicted molar refractivity (Wildman–Crippen MR) is 182 cm³/mol. The molecule has 3 heterocycles. The van der Waals surface area contributed by atoms with Gasteiger partial charge in [0.1, 0.15) is 1.41 Å². The van der Waals surface area contributed by atoms with Gasteiger partial charge in [0.2, 0.25) is 0 Å². The number of benzene rings is 5. The summed E-state index contributed by atoms with van der Waals surface area (Å²) in [4.78, 5) is 8.18. The molecule has 2 aromatic heterocycles. The second-order valence-electron chi connectivity index (χ2n) is 11.2. The molecule has 5 aromatic carbocycles. The van der Waals surface area contributed by atoms with Crippen molar-refractivity contribution in [2.75, 3.05) is 10.2 Å². The summed E-state index contributed by atoms with van der Waals surface area (Å²) in [6.45, 7) is 6.12. The number of para-hydroxylation sites is 3. The van der Waals surface area contributed by atoms with Gasteiger partial charge in [-0.25, -0.2) is 4.98 Å². The van der Waals surface area contributed by atoms with Crippen molar-refractivity contribution < 1.29 is 22.5 Å². The van der Waals surface area contributed by atoms with Gasteiger partial charge in [-0.3, -0.25) is 0 Å². The fourth-order valence-corrected chi connectivity index (χ4v) is 6.97. The summed E-state index contributed by atoms with van der Waals surface area (Å²) in [5.74, 6) is 0.418. The standard InChI is InChI=1S/C37H28BN4S.Pt/c1-25(2)36-23-39-37(43-36)42-33-17-8-6-15-30(33)31-20-19-28(22-35(31)42)38(26-11-4-3-5-12-26)27-13-10-14-29(21-27)41-24-40-32-16-7-9-18-34(32)41;/h3-20,23-25,40H,1-2H3;/q-3;/i/hD. The quantitative estimate of drug-likeness (QED) is 0.144. The van der Waals surface area contributed by atoms with Crippen molar-refractivity contribution in [2.45, 2.75) is 19.8 Å². The second-order valence-corrected chi connectivity index (χ2v) is 12.2. The van der Waals surface area contributed by atoms with E-state index in [9.17, 15) is 0 Å². The normalized spacial score (nSPS) is 12.9. The van der Waals surface area contributed by atoms with Crippen LogP contribution in [0.1, 0.15) is 24.6 Å². The Morgan fingerprint density at radius 3 is 2.45 bits per heavy atom. The molecule has 0 saturated carbocycles. The number of thiazole rings is 1. The molecule has 7 aromatic rings. The van der Waals surface area contributed by atoms with Gasteiger partial charge in [-0.05, 0) is 29.5 Å². The molecule has 0 bridgehead atoms. The first kappa shape index (κ1) is 27.4. The van der Waals surface area contributed by atoms with Gasteiger partial charge in [0.05, 0.1) is 0 Å². The largest absolute Gasteiger partial charge is 0.514 e. The summed E-state index contributed by atoms with van der Waals surface area (Å²) < 4.78 is 10.7. The number of nitrogens with zero attached hydrogens (tertiary/aromatic N) is 3. The van der Waals surface area contributed by atoms with Crippen LogP contribution in [0.5, 0.6) is 0 Å². The van der Waals surface area contributed by atoms with E-state index in [2.05, 4.69) is 115 Å². The molecule has 0 saturated heterocycles. The number of aromatic nitrogens is 2. The minimum Gasteiger partial charge on any atom is -0.514 e. The van der Waals surface area contributed by atoms with Crippen LogP contribution in [-0.4, -0.2) is 16.3 Å². The molecule has 0 atom stereocenters. The average Bonchev–Trinajstić information content (AvgIpc) is 3.76. The Hall–Kier alpha value is -4.12. The van der Waals surface area contributed by atoms with E-state index in [1.165, 1.54) is 21.0 Å². The van der Waals surface area contributed by atoms with E-state index in [4.69, 9.17) is 6.40 Å². The molecule has 0 aliphatic carbocycles. The third kappa shape index (κ3) is 4.87. The molecule has 44 heavy (non-hydrogen) atoms. The maximum atomic E-state index is 8.45. The Bertz CT molecular complexity index is 2140. The van der Waals surface area contributed by atoms with Crippen LogP contribution in [0.15, 0.2) is 115 Å². The van der Waals surface area contributed by atoms with Crippen LogP contribution >= 0.6 is 11.3 Å². The van der Waals surface area contributed by atoms with Crippen LogP contribution in [0.2, 0.25) is 1.41 Å². The molecule has 4 nitrogen and oxygen atoms in total. The number of rotatable bonds is 6. The summed E-state index contributed by atoms with van der Waals surface area (Å²) >= 11 is 1.74. The van der Waals surface area contributed by atoms with Gasteiger partial charge in [-0.2, -0.15) is 60.1 Å². The Morgan fingerprint density at radius 2 is 1.61 bits per heavy atom. The number of fused-ring (bicyclic) bond motifs is 4. The Morgan fingerprint density at radius 1 is 0.841 bits per heavy atom. The van der Waals surface area contributed by atoms with Gasteiger partial charge in [0.25, 0.3) is 0 Å². The summed E-state index contributed by atoms with van der Waals surface area (Å²) in [5.41, 5.74) is 8.14. The average molecular weight is 768 g/mol. The van der Waals surface area contributed by atoms with Crippen LogP contribution in [-0.2, 0) is 21.1 Å². The van der Waals surface area contributed by atoms with Crippen molar-refractivity contribution in [1.29, 1.82) is 0 Å². The zero-order valence-corrected chi connectivity index (χ0v) is 27.3. The van der Waals surface area contributed by atoms with Crippen molar-refractivity contribution in [3.8, 4) is 5.13 Å². The third-order valence-electron chi connectivity index (χ3n) is 8.15. The summed E-state index contributed by atoms with van der Waals surface area (Å²) in [6.07, 6.45) is 2.01. The first-order chi connectivity index (χ1) is 21.6. The molecular formula is C37H28BN4PtS-3. The Kier molecular flexibility index (Phi) is 7.33. The van der Waals surface area contributed by atoms with E-state index >= 15 is 0 Å². The molecule has 0 fully saturated rings. The smallest absolute Gasteiger partial charge is 0.192 e. The monoisotopic (exact) mass is 767 g/mol. The van der Waals surface area contributed by atoms with Crippen molar-refractivity contribution in [2.24, 2.45) is 0 Å². The van der Waals surface area contributed by atoms with Gasteiger partial charge in [0, 0.05) is 49.0 Å². The minimum atomic E-state index is -0.0977. The van der Waals surface area contributed by atoms with Crippen LogP contribution in [0.25, 0.3) is 26.9 Å². The van der Waals surface area contributed by atoms with Crippen LogP contribution in [0.3, 0.4) is 0 Å². The van der Waals surface area contributed by atoms with E-state index in [0.29, 0.717) is 5.92 Å². The van der Waals surface area contributed by atoms with Crippen molar-refractivity contribution in [3.63, 3.8) is 0 Å². The molecule has 0 radical (unpaired) electrons. The predicted octanol–water partition coefficient (Wildman–Crippen LogP) is 7.16. The zero-order valence-electron chi connectivity index (χ0n) is 25.2. The third-order valence-corrected chi connectivity index (χ3v) is 9.43. The SMILES string of the molecule is [2H]N1[CH-]N(c2[c-]c(B(c3[c-]c4c(cc3)c3ccccc3n4-c3ncc(C(C)C)s3)c3ccccc3)ccc2)c2ccccc21.[Pt]. The fourth-order valence-electron chi connectivity index (χ4n) is 6.03. The Labute approximate surface area is 278 Å². The van der Waals surface area contributed by atoms with Crippen molar-refractivity contribution in [3.05, 3.63) is 139 Å². The van der Waals surface area contributed by atoms with E-state index in [-0.39, 0.29) is 27.8 Å². The van der Waals surface area contributed by atoms with Crippen molar-refractivity contribution >= 4 is 73.3 Å². The van der Waals surface area contributed by atoms with Crippen LogP contribution in [0.4, 0.5) is 17.1 Å². The van der Waals surface area contributed by atoms with E-state index < -0.39 is 0 Å². The summed E-state index contributed by atoms with van der Waals surface area (Å²) in [5, 5.41) is 4.73. The molecule has 1 aliphatic rings. The fraction of sp³-hybridized carbons (Fsp3) is 0.0811. The van der Waals surface area contributed by atoms with Crippen LogP contribution < -0.4 is 26.6 Å².